The van der Waals surface area contributed by atoms with Gasteiger partial charge >= 0.3 is 0 Å². The minimum Gasteiger partial charge on any atom is -0.472 e. The Kier molecular flexibility index (Phi) is 5.74. The van der Waals surface area contributed by atoms with Crippen LogP contribution >= 0.6 is 0 Å². The molecule has 2 aromatic rings. The second-order valence-corrected chi connectivity index (χ2v) is 6.28. The molecule has 1 aromatic heterocycles. The molecule has 1 aromatic carbocycles. The predicted octanol–water partition coefficient (Wildman–Crippen LogP) is 2.54. The van der Waals surface area contributed by atoms with E-state index in [0.717, 1.165) is 31.2 Å². The van der Waals surface area contributed by atoms with Gasteiger partial charge in [-0.2, -0.15) is 5.26 Å². The molecule has 0 spiro atoms. The third-order valence-electron chi connectivity index (χ3n) is 4.37. The maximum atomic E-state index is 12.9. The largest absolute Gasteiger partial charge is 0.472 e. The lowest BCUT2D eigenvalue weighted by atomic mass is 9.92. The summed E-state index contributed by atoms with van der Waals surface area (Å²) in [6, 6.07) is 8.01. The quantitative estimate of drug-likeness (QED) is 0.891. The van der Waals surface area contributed by atoms with Crippen molar-refractivity contribution in [2.75, 3.05) is 0 Å². The van der Waals surface area contributed by atoms with Crippen LogP contribution < -0.4 is 10.1 Å². The number of amides is 1. The molecule has 0 bridgehead atoms. The van der Waals surface area contributed by atoms with E-state index in [1.807, 2.05) is 6.07 Å². The molecule has 0 aliphatic heterocycles. The number of benzene rings is 1. The second-order valence-electron chi connectivity index (χ2n) is 6.28. The summed E-state index contributed by atoms with van der Waals surface area (Å²) in [6.45, 7) is 0. The van der Waals surface area contributed by atoms with Crippen molar-refractivity contribution >= 4 is 5.91 Å². The summed E-state index contributed by atoms with van der Waals surface area (Å²) in [5.74, 6) is -0.115. The molecule has 7 heteroatoms. The number of hydrogen-bond donors (Lipinski definition) is 1. The van der Waals surface area contributed by atoms with E-state index in [1.165, 1.54) is 24.5 Å². The highest BCUT2D eigenvalue weighted by atomic mass is 19.1. The van der Waals surface area contributed by atoms with Gasteiger partial charge in [0.25, 0.3) is 5.88 Å². The van der Waals surface area contributed by atoms with Gasteiger partial charge in [0.15, 0.2) is 0 Å². The number of ether oxygens (including phenoxy) is 1. The second kappa shape index (κ2) is 8.39. The van der Waals surface area contributed by atoms with Crippen molar-refractivity contribution in [2.45, 2.75) is 44.2 Å². The third-order valence-corrected chi connectivity index (χ3v) is 4.37. The molecule has 0 unspecified atom stereocenters. The summed E-state index contributed by atoms with van der Waals surface area (Å²) in [7, 11) is 0. The van der Waals surface area contributed by atoms with E-state index in [4.69, 9.17) is 10.00 Å². The lowest BCUT2D eigenvalue weighted by molar-refractivity contribution is -0.121. The van der Waals surface area contributed by atoms with Gasteiger partial charge in [0.1, 0.15) is 18.0 Å². The van der Waals surface area contributed by atoms with Gasteiger partial charge in [0, 0.05) is 18.4 Å². The summed E-state index contributed by atoms with van der Waals surface area (Å²) in [5.41, 5.74) is 0.967. The number of nitriles is 1. The number of hydrogen-bond acceptors (Lipinski definition) is 5. The first-order chi connectivity index (χ1) is 12.6. The maximum Gasteiger partial charge on any atom is 0.251 e. The predicted molar refractivity (Wildman–Crippen MR) is 91.7 cm³/mol. The van der Waals surface area contributed by atoms with Gasteiger partial charge in [0.05, 0.1) is 6.42 Å². The molecule has 0 saturated heterocycles. The Labute approximate surface area is 151 Å². The molecule has 1 N–H and O–H groups in total. The average Bonchev–Trinajstić information content (AvgIpc) is 2.65. The molecule has 1 saturated carbocycles. The van der Waals surface area contributed by atoms with Crippen LogP contribution in [0.3, 0.4) is 0 Å². The zero-order chi connectivity index (χ0) is 18.4. The maximum absolute atomic E-state index is 12.9. The molecule has 26 heavy (non-hydrogen) atoms. The molecule has 3 rings (SSSR count). The molecule has 0 radical (unpaired) electrons. The van der Waals surface area contributed by atoms with E-state index in [-0.39, 0.29) is 41.9 Å². The summed E-state index contributed by atoms with van der Waals surface area (Å²) < 4.78 is 18.7. The first-order valence-electron chi connectivity index (χ1n) is 8.55. The molecule has 6 nitrogen and oxygen atoms in total. The molecular formula is C19H19FN4O2. The normalized spacial score (nSPS) is 19.4. The number of halogens is 1. The molecule has 0 atom stereocenters. The molecular weight excluding hydrogens is 335 g/mol. The van der Waals surface area contributed by atoms with Crippen molar-refractivity contribution in [3.05, 3.63) is 53.7 Å². The van der Waals surface area contributed by atoms with Gasteiger partial charge in [-0.3, -0.25) is 4.79 Å². The molecule has 134 valence electrons. The Hall–Kier alpha value is -3.01. The lowest BCUT2D eigenvalue weighted by Gasteiger charge is -2.29. The minimum atomic E-state index is -0.310. The van der Waals surface area contributed by atoms with E-state index in [9.17, 15) is 9.18 Å². The fourth-order valence-electron chi connectivity index (χ4n) is 3.04. The summed E-state index contributed by atoms with van der Waals surface area (Å²) in [5, 5.41) is 12.0. The molecule has 1 aliphatic carbocycles. The summed E-state index contributed by atoms with van der Waals surface area (Å²) in [6.07, 6.45) is 6.28. The van der Waals surface area contributed by atoms with Crippen LogP contribution in [-0.4, -0.2) is 28.0 Å². The lowest BCUT2D eigenvalue weighted by Crippen LogP contribution is -2.40. The highest BCUT2D eigenvalue weighted by Gasteiger charge is 2.24. The smallest absolute Gasteiger partial charge is 0.251 e. The van der Waals surface area contributed by atoms with E-state index < -0.39 is 0 Å². The van der Waals surface area contributed by atoms with Gasteiger partial charge in [0.2, 0.25) is 11.6 Å². The SMILES string of the molecule is N#Cc1nccnc1OC1CCC(NC(=O)Cc2ccc(F)cc2)CC1. The number of aromatic nitrogens is 2. The standard InChI is InChI=1S/C19H19FN4O2/c20-14-3-1-13(2-4-14)11-18(25)24-15-5-7-16(8-6-15)26-19-17(12-21)22-9-10-23-19/h1-4,9-10,15-16H,5-8,11H2,(H,24,25). The van der Waals surface area contributed by atoms with Crippen molar-refractivity contribution in [2.24, 2.45) is 0 Å². The zero-order valence-corrected chi connectivity index (χ0v) is 14.2. The van der Waals surface area contributed by atoms with Crippen LogP contribution in [0.5, 0.6) is 5.88 Å². The molecule has 1 heterocycles. The Bertz CT molecular complexity index is 796. The fraction of sp³-hybridized carbons (Fsp3) is 0.368. The van der Waals surface area contributed by atoms with E-state index >= 15 is 0 Å². The summed E-state index contributed by atoms with van der Waals surface area (Å²) in [4.78, 5) is 20.1. The van der Waals surface area contributed by atoms with Gasteiger partial charge in [-0.05, 0) is 43.4 Å². The van der Waals surface area contributed by atoms with Crippen molar-refractivity contribution in [3.63, 3.8) is 0 Å². The minimum absolute atomic E-state index is 0.0379. The van der Waals surface area contributed by atoms with Gasteiger partial charge in [-0.15, -0.1) is 0 Å². The van der Waals surface area contributed by atoms with Crippen LogP contribution in [0.1, 0.15) is 36.9 Å². The van der Waals surface area contributed by atoms with E-state index in [0.29, 0.717) is 0 Å². The topological polar surface area (TPSA) is 87.9 Å². The van der Waals surface area contributed by atoms with Gasteiger partial charge < -0.3 is 10.1 Å². The van der Waals surface area contributed by atoms with Crippen LogP contribution in [0, 0.1) is 17.1 Å². The van der Waals surface area contributed by atoms with Crippen LogP contribution in [0.2, 0.25) is 0 Å². The van der Waals surface area contributed by atoms with Crippen molar-refractivity contribution < 1.29 is 13.9 Å². The van der Waals surface area contributed by atoms with Crippen LogP contribution in [0.4, 0.5) is 4.39 Å². The Balaban J connectivity index is 1.45. The molecule has 1 aliphatic rings. The Morgan fingerprint density at radius 2 is 1.88 bits per heavy atom. The van der Waals surface area contributed by atoms with Crippen LogP contribution in [0.25, 0.3) is 0 Å². The number of carbonyl (C=O) groups is 1. The monoisotopic (exact) mass is 354 g/mol. The fourth-order valence-corrected chi connectivity index (χ4v) is 3.04. The first kappa shape index (κ1) is 17.8. The highest BCUT2D eigenvalue weighted by molar-refractivity contribution is 5.78. The van der Waals surface area contributed by atoms with E-state index in [2.05, 4.69) is 15.3 Å². The Morgan fingerprint density at radius 1 is 1.19 bits per heavy atom. The zero-order valence-electron chi connectivity index (χ0n) is 14.2. The van der Waals surface area contributed by atoms with Gasteiger partial charge in [-0.1, -0.05) is 12.1 Å². The van der Waals surface area contributed by atoms with E-state index in [1.54, 1.807) is 12.1 Å². The highest BCUT2D eigenvalue weighted by Crippen LogP contribution is 2.24. The molecule has 1 amide bonds. The number of nitrogens with zero attached hydrogens (tertiary/aromatic N) is 3. The van der Waals surface area contributed by atoms with Crippen LogP contribution in [-0.2, 0) is 11.2 Å². The number of carbonyl (C=O) groups excluding carboxylic acids is 1. The first-order valence-corrected chi connectivity index (χ1v) is 8.55. The van der Waals surface area contributed by atoms with Crippen molar-refractivity contribution in [1.82, 2.24) is 15.3 Å². The molecule has 1 fully saturated rings. The number of nitrogens with one attached hydrogen (secondary N) is 1. The third kappa shape index (κ3) is 4.76. The number of rotatable bonds is 5. The Morgan fingerprint density at radius 3 is 2.58 bits per heavy atom. The van der Waals surface area contributed by atoms with Crippen molar-refractivity contribution in [3.8, 4) is 11.9 Å². The van der Waals surface area contributed by atoms with Gasteiger partial charge in [-0.25, -0.2) is 14.4 Å². The van der Waals surface area contributed by atoms with Crippen LogP contribution in [0.15, 0.2) is 36.7 Å². The average molecular weight is 354 g/mol. The van der Waals surface area contributed by atoms with Crippen molar-refractivity contribution in [1.29, 1.82) is 5.26 Å². The summed E-state index contributed by atoms with van der Waals surface area (Å²) >= 11 is 0.